The van der Waals surface area contributed by atoms with Crippen molar-refractivity contribution in [2.45, 2.75) is 19.9 Å². The molecule has 1 nitrogen and oxygen atoms in total. The van der Waals surface area contributed by atoms with E-state index < -0.39 is 0 Å². The molecule has 0 aromatic rings. The maximum atomic E-state index is 3.95. The van der Waals surface area contributed by atoms with E-state index in [2.05, 4.69) is 18.8 Å². The summed E-state index contributed by atoms with van der Waals surface area (Å²) in [6, 6.07) is 0.539. The van der Waals surface area contributed by atoms with Gasteiger partial charge in [-0.15, -0.1) is 11.8 Å². The fourth-order valence-corrected chi connectivity index (χ4v) is 1.44. The van der Waals surface area contributed by atoms with Crippen molar-refractivity contribution in [3.8, 4) is 0 Å². The van der Waals surface area contributed by atoms with E-state index in [0.717, 1.165) is 10.7 Å². The highest BCUT2D eigenvalue weighted by molar-refractivity contribution is 8.03. The Morgan fingerprint density at radius 3 is 2.77 bits per heavy atom. The number of allylic oxidation sites excluding steroid dienone is 4. The van der Waals surface area contributed by atoms with E-state index in [0.29, 0.717) is 6.04 Å². The molecule has 2 heteroatoms. The van der Waals surface area contributed by atoms with E-state index in [1.54, 1.807) is 11.8 Å². The SMILES string of the molecule is C=C(/C=C\C=C/C)SCC(C)NC. The zero-order valence-electron chi connectivity index (χ0n) is 8.71. The van der Waals surface area contributed by atoms with Crippen molar-refractivity contribution in [3.05, 3.63) is 35.8 Å². The first-order valence-corrected chi connectivity index (χ1v) is 5.47. The van der Waals surface area contributed by atoms with Crippen LogP contribution in [0, 0.1) is 0 Å². The molecule has 0 aliphatic carbocycles. The normalized spacial score (nSPS) is 14.1. The van der Waals surface area contributed by atoms with Crippen LogP contribution < -0.4 is 5.32 Å². The van der Waals surface area contributed by atoms with Crippen LogP contribution in [-0.4, -0.2) is 18.8 Å². The van der Waals surface area contributed by atoms with Gasteiger partial charge < -0.3 is 5.32 Å². The van der Waals surface area contributed by atoms with Crippen LogP contribution in [0.15, 0.2) is 35.8 Å². The van der Waals surface area contributed by atoms with Gasteiger partial charge in [0, 0.05) is 16.7 Å². The molecule has 0 aliphatic rings. The Hall–Kier alpha value is -0.470. The monoisotopic (exact) mass is 197 g/mol. The van der Waals surface area contributed by atoms with Gasteiger partial charge in [-0.2, -0.15) is 0 Å². The standard InChI is InChI=1S/C11H19NS/c1-5-6-7-8-11(3)13-9-10(2)12-4/h5-8,10,12H,3,9H2,1-2,4H3/b6-5-,8-7-. The van der Waals surface area contributed by atoms with Gasteiger partial charge in [0.25, 0.3) is 0 Å². The van der Waals surface area contributed by atoms with E-state index in [4.69, 9.17) is 0 Å². The minimum absolute atomic E-state index is 0.539. The molecule has 0 aromatic heterocycles. The van der Waals surface area contributed by atoms with Crippen molar-refractivity contribution in [2.24, 2.45) is 0 Å². The third-order valence-electron chi connectivity index (χ3n) is 1.60. The molecular formula is C11H19NS. The Morgan fingerprint density at radius 2 is 2.23 bits per heavy atom. The molecule has 0 spiro atoms. The minimum Gasteiger partial charge on any atom is -0.316 e. The first kappa shape index (κ1) is 12.5. The largest absolute Gasteiger partial charge is 0.316 e. The van der Waals surface area contributed by atoms with Crippen molar-refractivity contribution < 1.29 is 0 Å². The topological polar surface area (TPSA) is 12.0 Å². The number of thioether (sulfide) groups is 1. The molecule has 0 fully saturated rings. The summed E-state index contributed by atoms with van der Waals surface area (Å²) in [5.74, 6) is 1.06. The van der Waals surface area contributed by atoms with Gasteiger partial charge in [-0.05, 0) is 27.0 Å². The van der Waals surface area contributed by atoms with E-state index in [9.17, 15) is 0 Å². The van der Waals surface area contributed by atoms with Gasteiger partial charge in [-0.25, -0.2) is 0 Å². The second-order valence-corrected chi connectivity index (χ2v) is 4.00. The summed E-state index contributed by atoms with van der Waals surface area (Å²) in [6.45, 7) is 8.11. The lowest BCUT2D eigenvalue weighted by Crippen LogP contribution is -2.23. The van der Waals surface area contributed by atoms with Crippen LogP contribution in [0.2, 0.25) is 0 Å². The molecular weight excluding hydrogens is 178 g/mol. The molecule has 0 bridgehead atoms. The lowest BCUT2D eigenvalue weighted by atomic mass is 10.4. The summed E-state index contributed by atoms with van der Waals surface area (Å²) in [6.07, 6.45) is 8.06. The average molecular weight is 197 g/mol. The molecule has 0 saturated carbocycles. The van der Waals surface area contributed by atoms with E-state index in [1.165, 1.54) is 0 Å². The summed E-state index contributed by atoms with van der Waals surface area (Å²) in [4.78, 5) is 1.11. The molecule has 74 valence electrons. The minimum atomic E-state index is 0.539. The molecule has 1 atom stereocenters. The quantitative estimate of drug-likeness (QED) is 0.657. The van der Waals surface area contributed by atoms with Gasteiger partial charge in [0.05, 0.1) is 0 Å². The van der Waals surface area contributed by atoms with Crippen LogP contribution in [0.4, 0.5) is 0 Å². The molecule has 0 saturated heterocycles. The number of nitrogens with one attached hydrogen (secondary N) is 1. The summed E-state index contributed by atoms with van der Waals surface area (Å²) in [7, 11) is 1.98. The first-order chi connectivity index (χ1) is 6.20. The Kier molecular flexibility index (Phi) is 7.85. The van der Waals surface area contributed by atoms with Gasteiger partial charge in [0.1, 0.15) is 0 Å². The molecule has 0 aromatic carbocycles. The van der Waals surface area contributed by atoms with Crippen molar-refractivity contribution >= 4 is 11.8 Å². The van der Waals surface area contributed by atoms with Gasteiger partial charge in [0.2, 0.25) is 0 Å². The summed E-state index contributed by atoms with van der Waals surface area (Å²) < 4.78 is 0. The van der Waals surface area contributed by atoms with Crippen LogP contribution in [0.3, 0.4) is 0 Å². The molecule has 0 aliphatic heterocycles. The predicted molar refractivity (Wildman–Crippen MR) is 64.1 cm³/mol. The van der Waals surface area contributed by atoms with E-state index >= 15 is 0 Å². The molecule has 0 heterocycles. The summed E-state index contributed by atoms with van der Waals surface area (Å²) in [5, 5.41) is 3.19. The first-order valence-electron chi connectivity index (χ1n) is 4.49. The number of rotatable bonds is 6. The van der Waals surface area contributed by atoms with E-state index in [1.807, 2.05) is 38.3 Å². The van der Waals surface area contributed by atoms with Gasteiger partial charge >= 0.3 is 0 Å². The fraction of sp³-hybridized carbons (Fsp3) is 0.455. The third kappa shape index (κ3) is 7.88. The highest BCUT2D eigenvalue weighted by Crippen LogP contribution is 2.15. The zero-order valence-corrected chi connectivity index (χ0v) is 9.53. The Morgan fingerprint density at radius 1 is 1.54 bits per heavy atom. The van der Waals surface area contributed by atoms with Crippen molar-refractivity contribution in [2.75, 3.05) is 12.8 Å². The number of hydrogen-bond acceptors (Lipinski definition) is 2. The van der Waals surface area contributed by atoms with Crippen LogP contribution in [-0.2, 0) is 0 Å². The highest BCUT2D eigenvalue weighted by Gasteiger charge is 1.97. The summed E-state index contributed by atoms with van der Waals surface area (Å²) in [5.41, 5.74) is 0. The van der Waals surface area contributed by atoms with Crippen LogP contribution in [0.1, 0.15) is 13.8 Å². The molecule has 13 heavy (non-hydrogen) atoms. The number of hydrogen-bond donors (Lipinski definition) is 1. The van der Waals surface area contributed by atoms with Crippen molar-refractivity contribution in [3.63, 3.8) is 0 Å². The average Bonchev–Trinajstić information content (AvgIpc) is 2.14. The zero-order chi connectivity index (χ0) is 10.1. The fourth-order valence-electron chi connectivity index (χ4n) is 0.637. The Bertz CT molecular complexity index is 194. The highest BCUT2D eigenvalue weighted by atomic mass is 32.2. The molecule has 0 amide bonds. The lowest BCUT2D eigenvalue weighted by Gasteiger charge is -2.08. The summed E-state index contributed by atoms with van der Waals surface area (Å²) >= 11 is 1.78. The van der Waals surface area contributed by atoms with Crippen LogP contribution in [0.5, 0.6) is 0 Å². The van der Waals surface area contributed by atoms with Gasteiger partial charge in [-0.3, -0.25) is 0 Å². The second kappa shape index (κ2) is 8.14. The van der Waals surface area contributed by atoms with Crippen molar-refractivity contribution in [1.29, 1.82) is 0 Å². The van der Waals surface area contributed by atoms with Crippen molar-refractivity contribution in [1.82, 2.24) is 5.32 Å². The van der Waals surface area contributed by atoms with Gasteiger partial charge in [0.15, 0.2) is 0 Å². The van der Waals surface area contributed by atoms with E-state index in [-0.39, 0.29) is 0 Å². The Labute approximate surface area is 86.0 Å². The molecule has 0 radical (unpaired) electrons. The predicted octanol–water partition coefficient (Wildman–Crippen LogP) is 2.97. The lowest BCUT2D eigenvalue weighted by molar-refractivity contribution is 0.678. The molecule has 1 N–H and O–H groups in total. The van der Waals surface area contributed by atoms with Crippen LogP contribution in [0.25, 0.3) is 0 Å². The van der Waals surface area contributed by atoms with Crippen LogP contribution >= 0.6 is 11.8 Å². The maximum Gasteiger partial charge on any atom is 0.0131 e. The molecule has 0 rings (SSSR count). The second-order valence-electron chi connectivity index (χ2n) is 2.85. The maximum absolute atomic E-state index is 3.95. The Balaban J connectivity index is 3.63. The van der Waals surface area contributed by atoms with Gasteiger partial charge in [-0.1, -0.05) is 24.8 Å². The molecule has 1 unspecified atom stereocenters. The smallest absolute Gasteiger partial charge is 0.0131 e. The third-order valence-corrected chi connectivity index (χ3v) is 2.77.